The quantitative estimate of drug-likeness (QED) is 0.510. The third-order valence-electron chi connectivity index (χ3n) is 7.75. The maximum atomic E-state index is 13.7. The molecule has 0 radical (unpaired) electrons. The monoisotopic (exact) mass is 541 g/mol. The number of Topliss-reactive ketones (excluding diaryl/α,β-unsaturated/α-hetero) is 1. The van der Waals surface area contributed by atoms with Crippen LogP contribution in [0.3, 0.4) is 0 Å². The van der Waals surface area contributed by atoms with Gasteiger partial charge in [-0.25, -0.2) is 0 Å². The predicted octanol–water partition coefficient (Wildman–Crippen LogP) is 0.527. The van der Waals surface area contributed by atoms with Crippen molar-refractivity contribution in [2.75, 3.05) is 57.9 Å². The number of ether oxygens (including phenoxy) is 1. The molecule has 0 aliphatic carbocycles. The van der Waals surface area contributed by atoms with E-state index in [4.69, 9.17) is 4.74 Å². The zero-order chi connectivity index (χ0) is 28.3. The number of fused-ring (bicyclic) bond motifs is 1. The molecule has 3 fully saturated rings. The number of benzene rings is 1. The molecule has 3 atom stereocenters. The number of anilines is 1. The molecule has 3 aliphatic heterocycles. The highest BCUT2D eigenvalue weighted by atomic mass is 16.5. The summed E-state index contributed by atoms with van der Waals surface area (Å²) in [6.45, 7) is 8.39. The second-order valence-electron chi connectivity index (χ2n) is 11.0. The van der Waals surface area contributed by atoms with Crippen molar-refractivity contribution in [3.63, 3.8) is 0 Å². The summed E-state index contributed by atoms with van der Waals surface area (Å²) in [5.74, 6) is -1.27. The summed E-state index contributed by atoms with van der Waals surface area (Å²) in [6.07, 6.45) is 0.896. The Morgan fingerprint density at radius 2 is 1.72 bits per heavy atom. The van der Waals surface area contributed by atoms with Gasteiger partial charge in [0.15, 0.2) is 5.78 Å². The average Bonchev–Trinajstić information content (AvgIpc) is 3.49. The lowest BCUT2D eigenvalue weighted by molar-refractivity contribution is -0.139. The van der Waals surface area contributed by atoms with Crippen LogP contribution < -0.4 is 10.2 Å². The number of amides is 4. The normalized spacial score (nSPS) is 21.7. The Bertz CT molecular complexity index is 1100. The fourth-order valence-electron chi connectivity index (χ4n) is 5.57. The lowest BCUT2D eigenvalue weighted by atomic mass is 10.0. The van der Waals surface area contributed by atoms with Crippen LogP contribution in [0.2, 0.25) is 0 Å². The van der Waals surface area contributed by atoms with Gasteiger partial charge in [-0.05, 0) is 43.0 Å². The highest BCUT2D eigenvalue weighted by Crippen LogP contribution is 2.31. The zero-order valence-corrected chi connectivity index (χ0v) is 23.2. The number of nitrogens with zero attached hydrogens (tertiary/aromatic N) is 4. The van der Waals surface area contributed by atoms with E-state index in [1.165, 1.54) is 28.7 Å². The standard InChI is InChI=1S/C28H39N5O6/c1-18(2)15-22(29-27(37)20-5-7-21(8-6-20)31-11-13-39-14-12-31)28(38)32-10-9-23-26(32)24(35)16-33(23)25(36)17-30(4)19(3)34/h5-8,18,22-23,26H,9-17H2,1-4H3,(H,29,37). The molecule has 0 aromatic heterocycles. The number of ketones is 1. The van der Waals surface area contributed by atoms with E-state index in [0.717, 1.165) is 18.8 Å². The van der Waals surface area contributed by atoms with Crippen LogP contribution in [0, 0.1) is 5.92 Å². The molecular weight excluding hydrogens is 502 g/mol. The van der Waals surface area contributed by atoms with Crippen molar-refractivity contribution in [2.24, 2.45) is 5.92 Å². The first-order valence-electron chi connectivity index (χ1n) is 13.6. The molecule has 39 heavy (non-hydrogen) atoms. The van der Waals surface area contributed by atoms with E-state index in [1.54, 1.807) is 12.1 Å². The van der Waals surface area contributed by atoms with Crippen LogP contribution in [0.5, 0.6) is 0 Å². The maximum absolute atomic E-state index is 13.7. The molecule has 11 heteroatoms. The molecule has 11 nitrogen and oxygen atoms in total. The van der Waals surface area contributed by atoms with E-state index < -0.39 is 18.1 Å². The SMILES string of the molecule is CC(=O)N(C)CC(=O)N1CC(=O)C2C1CCN2C(=O)C(CC(C)C)NC(=O)c1ccc(N2CCOCC2)cc1. The van der Waals surface area contributed by atoms with Crippen molar-refractivity contribution >= 4 is 35.1 Å². The minimum Gasteiger partial charge on any atom is -0.378 e. The molecular formula is C28H39N5O6. The number of carbonyl (C=O) groups is 5. The molecule has 1 aromatic carbocycles. The van der Waals surface area contributed by atoms with Gasteiger partial charge in [0, 0.05) is 44.9 Å². The fraction of sp³-hybridized carbons (Fsp3) is 0.607. The Balaban J connectivity index is 1.43. The third kappa shape index (κ3) is 6.41. The van der Waals surface area contributed by atoms with Crippen LogP contribution >= 0.6 is 0 Å². The van der Waals surface area contributed by atoms with E-state index in [0.29, 0.717) is 38.2 Å². The van der Waals surface area contributed by atoms with Gasteiger partial charge in [-0.2, -0.15) is 0 Å². The molecule has 0 spiro atoms. The largest absolute Gasteiger partial charge is 0.378 e. The summed E-state index contributed by atoms with van der Waals surface area (Å²) >= 11 is 0. The highest BCUT2D eigenvalue weighted by Gasteiger charge is 2.52. The van der Waals surface area contributed by atoms with Gasteiger partial charge in [-0.15, -0.1) is 0 Å². The summed E-state index contributed by atoms with van der Waals surface area (Å²) in [5, 5.41) is 2.91. The van der Waals surface area contributed by atoms with Crippen molar-refractivity contribution in [3.05, 3.63) is 29.8 Å². The second kappa shape index (κ2) is 12.1. The number of likely N-dealkylation sites (N-methyl/N-ethyl adjacent to an activating group) is 1. The van der Waals surface area contributed by atoms with Crippen LogP contribution in [-0.2, 0) is 23.9 Å². The summed E-state index contributed by atoms with van der Waals surface area (Å²) < 4.78 is 5.40. The minimum absolute atomic E-state index is 0.0829. The zero-order valence-electron chi connectivity index (χ0n) is 23.2. The first-order valence-corrected chi connectivity index (χ1v) is 13.6. The number of carbonyl (C=O) groups excluding carboxylic acids is 5. The first-order chi connectivity index (χ1) is 18.6. The summed E-state index contributed by atoms with van der Waals surface area (Å²) in [4.78, 5) is 70.8. The lowest BCUT2D eigenvalue weighted by Gasteiger charge is -2.30. The van der Waals surface area contributed by atoms with E-state index >= 15 is 0 Å². The molecule has 1 N–H and O–H groups in total. The van der Waals surface area contributed by atoms with Crippen LogP contribution in [0.15, 0.2) is 24.3 Å². The fourth-order valence-corrected chi connectivity index (χ4v) is 5.57. The minimum atomic E-state index is -0.795. The van der Waals surface area contributed by atoms with E-state index in [2.05, 4.69) is 10.2 Å². The molecule has 3 unspecified atom stereocenters. The highest BCUT2D eigenvalue weighted by molar-refractivity contribution is 6.01. The van der Waals surface area contributed by atoms with Gasteiger partial charge in [0.2, 0.25) is 17.7 Å². The van der Waals surface area contributed by atoms with E-state index in [-0.39, 0.29) is 48.4 Å². The van der Waals surface area contributed by atoms with Gasteiger partial charge in [0.25, 0.3) is 5.91 Å². The smallest absolute Gasteiger partial charge is 0.251 e. The number of hydrogen-bond donors (Lipinski definition) is 1. The van der Waals surface area contributed by atoms with E-state index in [1.807, 2.05) is 26.0 Å². The molecule has 0 bridgehead atoms. The summed E-state index contributed by atoms with van der Waals surface area (Å²) in [6, 6.07) is 5.36. The molecule has 4 amide bonds. The van der Waals surface area contributed by atoms with Gasteiger partial charge < -0.3 is 29.7 Å². The first kappa shape index (κ1) is 28.5. The van der Waals surface area contributed by atoms with Gasteiger partial charge in [0.1, 0.15) is 12.1 Å². The molecule has 3 heterocycles. The lowest BCUT2D eigenvalue weighted by Crippen LogP contribution is -2.53. The molecule has 0 saturated carbocycles. The molecule has 3 aliphatic rings. The van der Waals surface area contributed by atoms with Gasteiger partial charge in [0.05, 0.1) is 32.3 Å². The van der Waals surface area contributed by atoms with Crippen molar-refractivity contribution in [3.8, 4) is 0 Å². The van der Waals surface area contributed by atoms with Crippen LogP contribution in [0.1, 0.15) is 44.0 Å². The maximum Gasteiger partial charge on any atom is 0.251 e. The topological polar surface area (TPSA) is 120 Å². The van der Waals surface area contributed by atoms with Crippen molar-refractivity contribution in [1.82, 2.24) is 20.0 Å². The van der Waals surface area contributed by atoms with Crippen LogP contribution in [0.25, 0.3) is 0 Å². The molecule has 212 valence electrons. The third-order valence-corrected chi connectivity index (χ3v) is 7.75. The van der Waals surface area contributed by atoms with Crippen molar-refractivity contribution < 1.29 is 28.7 Å². The molecule has 3 saturated heterocycles. The van der Waals surface area contributed by atoms with Gasteiger partial charge in [-0.1, -0.05) is 13.8 Å². The van der Waals surface area contributed by atoms with E-state index in [9.17, 15) is 24.0 Å². The van der Waals surface area contributed by atoms with Crippen molar-refractivity contribution in [1.29, 1.82) is 0 Å². The Hall–Kier alpha value is -3.47. The molecule has 1 aromatic rings. The molecule has 4 rings (SSSR count). The Labute approximate surface area is 229 Å². The van der Waals surface area contributed by atoms with Crippen molar-refractivity contribution in [2.45, 2.75) is 51.7 Å². The van der Waals surface area contributed by atoms with Gasteiger partial charge >= 0.3 is 0 Å². The van der Waals surface area contributed by atoms with Gasteiger partial charge in [-0.3, -0.25) is 24.0 Å². The summed E-state index contributed by atoms with van der Waals surface area (Å²) in [5.41, 5.74) is 1.47. The Morgan fingerprint density at radius 3 is 2.33 bits per heavy atom. The number of morpholine rings is 1. The number of nitrogens with one attached hydrogen (secondary N) is 1. The number of rotatable bonds is 8. The second-order valence-corrected chi connectivity index (χ2v) is 11.0. The Kier molecular flexibility index (Phi) is 8.89. The van der Waals surface area contributed by atoms with Crippen LogP contribution in [-0.4, -0.2) is 115 Å². The Morgan fingerprint density at radius 1 is 1.05 bits per heavy atom. The number of likely N-dealkylation sites (tertiary alicyclic amines) is 2. The number of hydrogen-bond acceptors (Lipinski definition) is 7. The average molecular weight is 542 g/mol. The van der Waals surface area contributed by atoms with Crippen LogP contribution in [0.4, 0.5) is 5.69 Å². The predicted molar refractivity (Wildman–Crippen MR) is 144 cm³/mol. The summed E-state index contributed by atoms with van der Waals surface area (Å²) in [7, 11) is 1.54.